The lowest BCUT2D eigenvalue weighted by atomic mass is 10.2. The summed E-state index contributed by atoms with van der Waals surface area (Å²) in [4.78, 5) is 4.57. The Labute approximate surface area is 187 Å². The van der Waals surface area contributed by atoms with Crippen LogP contribution in [0.25, 0.3) is 0 Å². The monoisotopic (exact) mass is 467 g/mol. The van der Waals surface area contributed by atoms with Crippen LogP contribution in [-0.4, -0.2) is 48.9 Å². The van der Waals surface area contributed by atoms with Crippen LogP contribution in [0.1, 0.15) is 60.5 Å². The van der Waals surface area contributed by atoms with E-state index in [4.69, 9.17) is 8.23 Å². The van der Waals surface area contributed by atoms with E-state index >= 15 is 0 Å². The minimum absolute atomic E-state index is 0.299. The average molecular weight is 468 g/mol. The molecular weight excluding hydrogens is 423 g/mol. The van der Waals surface area contributed by atoms with Crippen molar-refractivity contribution >= 4 is 52.7 Å². The Morgan fingerprint density at radius 3 is 1.79 bits per heavy atom. The van der Waals surface area contributed by atoms with Crippen LogP contribution in [0, 0.1) is 0 Å². The highest BCUT2D eigenvalue weighted by Crippen LogP contribution is 2.24. The Morgan fingerprint density at radius 2 is 1.34 bits per heavy atom. The zero-order valence-electron chi connectivity index (χ0n) is 20.9. The second kappa shape index (κ2) is 10.3. The van der Waals surface area contributed by atoms with Crippen molar-refractivity contribution in [3.05, 3.63) is 23.8 Å². The van der Waals surface area contributed by atoms with E-state index in [0.717, 1.165) is 13.0 Å². The fourth-order valence-electron chi connectivity index (χ4n) is 2.91. The zero-order valence-corrected chi connectivity index (χ0v) is 25.7. The summed E-state index contributed by atoms with van der Waals surface area (Å²) in [6, 6.07) is 6.90. The van der Waals surface area contributed by atoms with E-state index in [-0.39, 0.29) is 0 Å². The maximum atomic E-state index is 6.75. The molecule has 0 heterocycles. The number of hydrogen-bond acceptors (Lipinski definition) is 3. The van der Waals surface area contributed by atoms with Gasteiger partial charge in [0.25, 0.3) is 0 Å². The highest BCUT2D eigenvalue weighted by Gasteiger charge is 2.37. The van der Waals surface area contributed by atoms with Crippen LogP contribution >= 0.6 is 0 Å². The van der Waals surface area contributed by atoms with Gasteiger partial charge in [-0.1, -0.05) is 66.7 Å². The Morgan fingerprint density at radius 1 is 0.862 bits per heavy atom. The molecular formula is C22H45NO2Si4. The van der Waals surface area contributed by atoms with Crippen LogP contribution in [0.15, 0.2) is 23.2 Å². The van der Waals surface area contributed by atoms with Crippen molar-refractivity contribution in [2.75, 3.05) is 6.54 Å². The zero-order chi connectivity index (χ0) is 22.5. The fraction of sp³-hybridized carbons (Fsp3) is 0.682. The van der Waals surface area contributed by atoms with E-state index in [9.17, 15) is 0 Å². The summed E-state index contributed by atoms with van der Waals surface area (Å²) in [6.45, 7) is 26.3. The van der Waals surface area contributed by atoms with Gasteiger partial charge in [-0.05, 0) is 58.6 Å². The van der Waals surface area contributed by atoms with Gasteiger partial charge in [-0.2, -0.15) is 0 Å². The molecule has 0 atom stereocenters. The molecule has 0 radical (unpaired) electrons. The molecule has 0 aromatic heterocycles. The quantitative estimate of drug-likeness (QED) is 0.406. The highest BCUT2D eigenvalue weighted by molar-refractivity contribution is 6.96. The number of hydrogen-bond donors (Lipinski definition) is 0. The van der Waals surface area contributed by atoms with E-state index in [2.05, 4.69) is 97.8 Å². The van der Waals surface area contributed by atoms with Crippen molar-refractivity contribution in [1.29, 1.82) is 0 Å². The molecule has 3 nitrogen and oxygen atoms in total. The maximum absolute atomic E-state index is 6.75. The Kier molecular flexibility index (Phi) is 9.51. The summed E-state index contributed by atoms with van der Waals surface area (Å²) in [5.41, 5.74) is 1.19. The van der Waals surface area contributed by atoms with Crippen molar-refractivity contribution in [3.8, 4) is 0 Å². The largest absolute Gasteiger partial charge is 0.457 e. The average Bonchev–Trinajstić information content (AvgIpc) is 2.57. The maximum Gasteiger partial charge on any atom is 0.205 e. The summed E-state index contributed by atoms with van der Waals surface area (Å²) < 4.78 is 13.5. The predicted molar refractivity (Wildman–Crippen MR) is 142 cm³/mol. The first-order valence-corrected chi connectivity index (χ1v) is 19.4. The molecule has 1 aromatic carbocycles. The number of rotatable bonds is 9. The molecule has 0 amide bonds. The molecule has 0 saturated heterocycles. The molecule has 0 saturated carbocycles. The van der Waals surface area contributed by atoms with Crippen LogP contribution < -0.4 is 10.4 Å². The molecule has 0 spiro atoms. The van der Waals surface area contributed by atoms with Gasteiger partial charge in [0.05, 0.1) is 0 Å². The second-order valence-electron chi connectivity index (χ2n) is 11.6. The molecule has 1 aromatic rings. The van der Waals surface area contributed by atoms with E-state index in [1.165, 1.54) is 15.9 Å². The molecule has 7 heteroatoms. The van der Waals surface area contributed by atoms with Crippen molar-refractivity contribution in [3.63, 3.8) is 0 Å². The third kappa shape index (κ3) is 9.57. The summed E-state index contributed by atoms with van der Waals surface area (Å²) >= 11 is 0. The van der Waals surface area contributed by atoms with Crippen molar-refractivity contribution in [1.82, 2.24) is 0 Å². The molecule has 166 valence electrons. The van der Waals surface area contributed by atoms with Crippen LogP contribution in [0.2, 0.25) is 36.3 Å². The summed E-state index contributed by atoms with van der Waals surface area (Å²) in [5, 5.41) is 3.46. The van der Waals surface area contributed by atoms with Gasteiger partial charge in [0.1, 0.15) is 0 Å². The van der Waals surface area contributed by atoms with E-state index in [0.29, 0.717) is 10.1 Å². The molecule has 0 unspecified atom stereocenters. The van der Waals surface area contributed by atoms with Gasteiger partial charge in [0, 0.05) is 12.8 Å². The Balaban J connectivity index is 3.36. The highest BCUT2D eigenvalue weighted by atomic mass is 28.4. The minimum Gasteiger partial charge on any atom is -0.457 e. The Hall–Kier alpha value is -0.322. The van der Waals surface area contributed by atoms with Crippen LogP contribution in [0.4, 0.5) is 0 Å². The predicted octanol–water partition coefficient (Wildman–Crippen LogP) is 3.98. The molecule has 0 N–H and O–H groups in total. The van der Waals surface area contributed by atoms with Crippen LogP contribution in [0.5, 0.6) is 0 Å². The SMILES string of the molecule is CCCN=Cc1ccc([Si](C)(C)O[SiH2]C(C)(C)C)c([Si](C)(C)O[SiH2]C(C)(C)C)c1. The van der Waals surface area contributed by atoms with Gasteiger partial charge < -0.3 is 8.23 Å². The third-order valence-electron chi connectivity index (χ3n) is 4.67. The smallest absolute Gasteiger partial charge is 0.205 e. The van der Waals surface area contributed by atoms with E-state index < -0.39 is 36.2 Å². The number of benzene rings is 1. The standard InChI is InChI=1S/C22H45NO2Si4/c1-12-15-23-17-18-13-14-19(28(8,9)24-26-21(2,3)4)20(16-18)29(10,11)25-27-22(5,6)7/h13-14,16-17H,12,15,26-27H2,1-11H3. The van der Waals surface area contributed by atoms with Crippen molar-refractivity contribution in [2.24, 2.45) is 4.99 Å². The van der Waals surface area contributed by atoms with Crippen molar-refractivity contribution in [2.45, 2.75) is 91.2 Å². The van der Waals surface area contributed by atoms with Gasteiger partial charge in [0.2, 0.25) is 16.6 Å². The summed E-state index contributed by atoms with van der Waals surface area (Å²) in [7, 11) is -5.23. The molecule has 0 bridgehead atoms. The third-order valence-corrected chi connectivity index (χ3v) is 17.0. The topological polar surface area (TPSA) is 30.8 Å². The van der Waals surface area contributed by atoms with Gasteiger partial charge in [0.15, 0.2) is 19.5 Å². The van der Waals surface area contributed by atoms with Gasteiger partial charge >= 0.3 is 0 Å². The first-order chi connectivity index (χ1) is 13.1. The first kappa shape index (κ1) is 26.7. The lowest BCUT2D eigenvalue weighted by Gasteiger charge is -2.35. The van der Waals surface area contributed by atoms with Crippen molar-refractivity contribution < 1.29 is 8.23 Å². The molecule has 0 aliphatic rings. The van der Waals surface area contributed by atoms with Gasteiger partial charge in [-0.3, -0.25) is 4.99 Å². The molecule has 0 fully saturated rings. The minimum atomic E-state index is -2.03. The van der Waals surface area contributed by atoms with Crippen LogP contribution in [-0.2, 0) is 8.23 Å². The van der Waals surface area contributed by atoms with E-state index in [1.54, 1.807) is 0 Å². The fourth-order valence-corrected chi connectivity index (χ4v) is 14.8. The second-order valence-corrected chi connectivity index (χ2v) is 25.8. The number of nitrogens with zero attached hydrogens (tertiary/aromatic N) is 1. The molecule has 0 aliphatic heterocycles. The normalized spacial score (nSPS) is 14.9. The number of aliphatic imine (C=N–C) groups is 1. The molecule has 1 rings (SSSR count). The van der Waals surface area contributed by atoms with Crippen LogP contribution in [0.3, 0.4) is 0 Å². The molecule has 29 heavy (non-hydrogen) atoms. The van der Waals surface area contributed by atoms with Gasteiger partial charge in [-0.15, -0.1) is 0 Å². The summed E-state index contributed by atoms with van der Waals surface area (Å²) in [5.74, 6) is 0. The summed E-state index contributed by atoms with van der Waals surface area (Å²) in [6.07, 6.45) is 3.11. The first-order valence-electron chi connectivity index (χ1n) is 11.0. The Bertz CT molecular complexity index is 689. The van der Waals surface area contributed by atoms with E-state index in [1.807, 2.05) is 6.21 Å². The lowest BCUT2D eigenvalue weighted by molar-refractivity contribution is 0.547. The van der Waals surface area contributed by atoms with Gasteiger partial charge in [-0.25, -0.2) is 0 Å². The molecule has 0 aliphatic carbocycles. The lowest BCUT2D eigenvalue weighted by Crippen LogP contribution is -2.62.